The molecule has 0 spiro atoms. The molecule has 0 aromatic heterocycles. The molecule has 108 valence electrons. The molecule has 0 saturated heterocycles. The molecule has 3 N–H and O–H groups in total. The van der Waals surface area contributed by atoms with Crippen LogP contribution in [0, 0.1) is 17.8 Å². The van der Waals surface area contributed by atoms with Crippen LogP contribution in [-0.4, -0.2) is 43.0 Å². The first-order valence-electron chi connectivity index (χ1n) is 7.85. The molecule has 19 heavy (non-hydrogen) atoms. The van der Waals surface area contributed by atoms with Gasteiger partial charge in [-0.15, -0.1) is 0 Å². The second-order valence-corrected chi connectivity index (χ2v) is 7.05. The van der Waals surface area contributed by atoms with Crippen LogP contribution in [0.3, 0.4) is 0 Å². The summed E-state index contributed by atoms with van der Waals surface area (Å²) >= 11 is 0. The van der Waals surface area contributed by atoms with Crippen molar-refractivity contribution in [2.75, 3.05) is 20.1 Å². The molecule has 1 amide bonds. The number of nitrogens with zero attached hydrogens (tertiary/aromatic N) is 1. The fourth-order valence-corrected chi connectivity index (χ4v) is 4.15. The predicted molar refractivity (Wildman–Crippen MR) is 75.6 cm³/mol. The van der Waals surface area contributed by atoms with Crippen molar-refractivity contribution in [2.24, 2.45) is 23.5 Å². The van der Waals surface area contributed by atoms with Crippen LogP contribution in [0.25, 0.3) is 0 Å². The van der Waals surface area contributed by atoms with E-state index in [9.17, 15) is 4.79 Å². The summed E-state index contributed by atoms with van der Waals surface area (Å²) in [4.78, 5) is 13.8. The number of fused-ring (bicyclic) bond motifs is 2. The highest BCUT2D eigenvalue weighted by Gasteiger charge is 2.39. The van der Waals surface area contributed by atoms with Gasteiger partial charge in [-0.1, -0.05) is 6.42 Å². The van der Waals surface area contributed by atoms with Crippen LogP contribution in [0.4, 0.5) is 0 Å². The summed E-state index contributed by atoms with van der Waals surface area (Å²) in [7, 11) is 2.14. The van der Waals surface area contributed by atoms with E-state index in [-0.39, 0.29) is 11.9 Å². The van der Waals surface area contributed by atoms with Crippen molar-refractivity contribution in [2.45, 2.75) is 50.6 Å². The van der Waals surface area contributed by atoms with E-state index in [1.165, 1.54) is 38.5 Å². The Morgan fingerprint density at radius 3 is 2.63 bits per heavy atom. The van der Waals surface area contributed by atoms with Crippen molar-refractivity contribution in [1.29, 1.82) is 0 Å². The van der Waals surface area contributed by atoms with E-state index in [2.05, 4.69) is 17.3 Å². The van der Waals surface area contributed by atoms with Gasteiger partial charge in [-0.3, -0.25) is 4.79 Å². The molecule has 0 aromatic carbocycles. The van der Waals surface area contributed by atoms with E-state index in [0.29, 0.717) is 6.04 Å². The average molecular weight is 265 g/mol. The molecule has 3 fully saturated rings. The molecular weight excluding hydrogens is 238 g/mol. The SMILES string of the molecule is CN(CC(NC1CC1)C(N)=O)CC1CC2CCC1C2. The Kier molecular flexibility index (Phi) is 3.81. The van der Waals surface area contributed by atoms with Crippen LogP contribution in [-0.2, 0) is 4.79 Å². The Balaban J connectivity index is 1.46. The summed E-state index contributed by atoms with van der Waals surface area (Å²) in [6.07, 6.45) is 8.14. The smallest absolute Gasteiger partial charge is 0.235 e. The maximum absolute atomic E-state index is 11.5. The number of carbonyl (C=O) groups is 1. The average Bonchev–Trinajstić information content (AvgIpc) is 2.93. The van der Waals surface area contributed by atoms with Crippen LogP contribution in [0.15, 0.2) is 0 Å². The quantitative estimate of drug-likeness (QED) is 0.721. The van der Waals surface area contributed by atoms with Gasteiger partial charge < -0.3 is 16.0 Å². The van der Waals surface area contributed by atoms with Crippen molar-refractivity contribution in [1.82, 2.24) is 10.2 Å². The van der Waals surface area contributed by atoms with Gasteiger partial charge in [0.1, 0.15) is 0 Å². The first-order valence-corrected chi connectivity index (χ1v) is 7.85. The maximum atomic E-state index is 11.5. The standard InChI is InChI=1S/C15H27N3O/c1-18(8-12-7-10-2-3-11(12)6-10)9-14(15(16)19)17-13-4-5-13/h10-14,17H,2-9H2,1H3,(H2,16,19). The molecular formula is C15H27N3O. The van der Waals surface area contributed by atoms with E-state index in [1.54, 1.807) is 0 Å². The van der Waals surface area contributed by atoms with Gasteiger partial charge in [-0.25, -0.2) is 0 Å². The molecule has 0 aromatic rings. The Labute approximate surface area is 116 Å². The normalized spacial score (nSPS) is 34.9. The molecule has 0 radical (unpaired) electrons. The summed E-state index contributed by atoms with van der Waals surface area (Å²) in [6, 6.07) is 0.365. The number of primary amides is 1. The van der Waals surface area contributed by atoms with Crippen molar-refractivity contribution < 1.29 is 4.79 Å². The van der Waals surface area contributed by atoms with Gasteiger partial charge >= 0.3 is 0 Å². The lowest BCUT2D eigenvalue weighted by atomic mass is 9.88. The predicted octanol–water partition coefficient (Wildman–Crippen LogP) is 0.960. The van der Waals surface area contributed by atoms with Gasteiger partial charge in [-0.2, -0.15) is 0 Å². The van der Waals surface area contributed by atoms with Gasteiger partial charge in [-0.05, 0) is 56.9 Å². The van der Waals surface area contributed by atoms with Crippen LogP contribution in [0.2, 0.25) is 0 Å². The topological polar surface area (TPSA) is 58.4 Å². The van der Waals surface area contributed by atoms with E-state index in [4.69, 9.17) is 5.73 Å². The summed E-state index contributed by atoms with van der Waals surface area (Å²) in [5, 5.41) is 3.36. The van der Waals surface area contributed by atoms with Crippen LogP contribution >= 0.6 is 0 Å². The first-order chi connectivity index (χ1) is 9.11. The third-order valence-corrected chi connectivity index (χ3v) is 5.28. The van der Waals surface area contributed by atoms with Gasteiger partial charge in [0.15, 0.2) is 0 Å². The highest BCUT2D eigenvalue weighted by molar-refractivity contribution is 5.80. The molecule has 2 bridgehead atoms. The number of likely N-dealkylation sites (N-methyl/N-ethyl adjacent to an activating group) is 1. The number of hydrogen-bond donors (Lipinski definition) is 2. The Hall–Kier alpha value is -0.610. The van der Waals surface area contributed by atoms with Gasteiger partial charge in [0, 0.05) is 19.1 Å². The number of nitrogens with two attached hydrogens (primary N) is 1. The molecule has 3 saturated carbocycles. The number of rotatable bonds is 7. The van der Waals surface area contributed by atoms with E-state index in [0.717, 1.165) is 30.8 Å². The summed E-state index contributed by atoms with van der Waals surface area (Å²) < 4.78 is 0. The fraction of sp³-hybridized carbons (Fsp3) is 0.933. The number of carbonyl (C=O) groups excluding carboxylic acids is 1. The molecule has 3 aliphatic rings. The lowest BCUT2D eigenvalue weighted by Gasteiger charge is -2.29. The van der Waals surface area contributed by atoms with Gasteiger partial charge in [0.05, 0.1) is 6.04 Å². The molecule has 0 heterocycles. The Bertz CT molecular complexity index is 342. The highest BCUT2D eigenvalue weighted by Crippen LogP contribution is 2.48. The van der Waals surface area contributed by atoms with Crippen LogP contribution in [0.1, 0.15) is 38.5 Å². The number of nitrogens with one attached hydrogen (secondary N) is 1. The van der Waals surface area contributed by atoms with Crippen LogP contribution < -0.4 is 11.1 Å². The Morgan fingerprint density at radius 1 is 1.32 bits per heavy atom. The zero-order valence-electron chi connectivity index (χ0n) is 12.0. The number of hydrogen-bond acceptors (Lipinski definition) is 3. The monoisotopic (exact) mass is 265 g/mol. The van der Waals surface area contributed by atoms with Crippen molar-refractivity contribution in [3.05, 3.63) is 0 Å². The van der Waals surface area contributed by atoms with Crippen molar-refractivity contribution in [3.8, 4) is 0 Å². The number of amides is 1. The third-order valence-electron chi connectivity index (χ3n) is 5.28. The van der Waals surface area contributed by atoms with Crippen molar-refractivity contribution >= 4 is 5.91 Å². The minimum Gasteiger partial charge on any atom is -0.368 e. The van der Waals surface area contributed by atoms with Crippen molar-refractivity contribution in [3.63, 3.8) is 0 Å². The molecule has 0 aliphatic heterocycles. The zero-order valence-corrected chi connectivity index (χ0v) is 12.0. The molecule has 3 rings (SSSR count). The minimum atomic E-state index is -0.202. The molecule has 4 atom stereocenters. The maximum Gasteiger partial charge on any atom is 0.235 e. The summed E-state index contributed by atoms with van der Waals surface area (Å²) in [5.41, 5.74) is 5.50. The summed E-state index contributed by atoms with van der Waals surface area (Å²) in [5.74, 6) is 2.61. The largest absolute Gasteiger partial charge is 0.368 e. The van der Waals surface area contributed by atoms with E-state index in [1.807, 2.05) is 0 Å². The van der Waals surface area contributed by atoms with E-state index < -0.39 is 0 Å². The fourth-order valence-electron chi connectivity index (χ4n) is 4.15. The molecule has 4 nitrogen and oxygen atoms in total. The molecule has 4 heteroatoms. The van der Waals surface area contributed by atoms with Gasteiger partial charge in [0.25, 0.3) is 0 Å². The van der Waals surface area contributed by atoms with Gasteiger partial charge in [0.2, 0.25) is 5.91 Å². The molecule has 4 unspecified atom stereocenters. The lowest BCUT2D eigenvalue weighted by Crippen LogP contribution is -2.50. The first kappa shape index (κ1) is 13.4. The molecule has 3 aliphatic carbocycles. The van der Waals surface area contributed by atoms with Crippen LogP contribution in [0.5, 0.6) is 0 Å². The lowest BCUT2D eigenvalue weighted by molar-refractivity contribution is -0.120. The highest BCUT2D eigenvalue weighted by atomic mass is 16.1. The summed E-state index contributed by atoms with van der Waals surface area (Å²) in [6.45, 7) is 1.90. The second-order valence-electron chi connectivity index (χ2n) is 7.05. The van der Waals surface area contributed by atoms with E-state index >= 15 is 0 Å². The Morgan fingerprint density at radius 2 is 2.11 bits per heavy atom. The second kappa shape index (κ2) is 5.41. The zero-order chi connectivity index (χ0) is 13.4. The third kappa shape index (κ3) is 3.29. The minimum absolute atomic E-state index is 0.170.